The number of hydrogen-bond donors (Lipinski definition) is 3. The summed E-state index contributed by atoms with van der Waals surface area (Å²) in [7, 11) is 1.58. The van der Waals surface area contributed by atoms with Gasteiger partial charge >= 0.3 is 0 Å². The maximum atomic E-state index is 12.2. The summed E-state index contributed by atoms with van der Waals surface area (Å²) in [4.78, 5) is 23.7. The van der Waals surface area contributed by atoms with Crippen LogP contribution >= 0.6 is 0 Å². The van der Waals surface area contributed by atoms with E-state index in [0.717, 1.165) is 17.9 Å². The number of anilines is 2. The first kappa shape index (κ1) is 22.3. The third-order valence-electron chi connectivity index (χ3n) is 4.46. The molecule has 0 bridgehead atoms. The van der Waals surface area contributed by atoms with E-state index in [9.17, 15) is 9.59 Å². The van der Waals surface area contributed by atoms with Gasteiger partial charge in [0.25, 0.3) is 5.91 Å². The SMILES string of the molecule is CCCCCCCOc1cccc(NCC(=O)Nc2ccc(C(=O)NC)cc2)c1. The van der Waals surface area contributed by atoms with E-state index < -0.39 is 0 Å². The van der Waals surface area contributed by atoms with E-state index in [0.29, 0.717) is 17.9 Å². The fourth-order valence-electron chi connectivity index (χ4n) is 2.83. The van der Waals surface area contributed by atoms with Crippen LogP contribution in [-0.2, 0) is 4.79 Å². The van der Waals surface area contributed by atoms with E-state index >= 15 is 0 Å². The van der Waals surface area contributed by atoms with Crippen molar-refractivity contribution in [3.8, 4) is 5.75 Å². The van der Waals surface area contributed by atoms with Crippen LogP contribution in [0.4, 0.5) is 11.4 Å². The molecule has 6 nitrogen and oxygen atoms in total. The number of carbonyl (C=O) groups is 2. The van der Waals surface area contributed by atoms with Gasteiger partial charge in [0, 0.05) is 30.1 Å². The molecule has 3 N–H and O–H groups in total. The second-order valence-electron chi connectivity index (χ2n) is 6.85. The Morgan fingerprint density at radius 2 is 1.69 bits per heavy atom. The molecule has 0 aliphatic carbocycles. The van der Waals surface area contributed by atoms with Crippen LogP contribution < -0.4 is 20.7 Å². The predicted octanol–water partition coefficient (Wildman–Crippen LogP) is 4.45. The molecule has 0 unspecified atom stereocenters. The van der Waals surface area contributed by atoms with Crippen LogP contribution in [0, 0.1) is 0 Å². The van der Waals surface area contributed by atoms with E-state index in [1.807, 2.05) is 24.3 Å². The van der Waals surface area contributed by atoms with Crippen molar-refractivity contribution in [1.82, 2.24) is 5.32 Å². The number of carbonyl (C=O) groups excluding carboxylic acids is 2. The highest BCUT2D eigenvalue weighted by Gasteiger charge is 2.06. The van der Waals surface area contributed by atoms with Crippen molar-refractivity contribution < 1.29 is 14.3 Å². The summed E-state index contributed by atoms with van der Waals surface area (Å²) in [5, 5.41) is 8.47. The standard InChI is InChI=1S/C23H31N3O3/c1-3-4-5-6-7-15-29-21-10-8-9-20(16-21)25-17-22(27)26-19-13-11-18(12-14-19)23(28)24-2/h8-14,16,25H,3-7,15,17H2,1-2H3,(H,24,28)(H,26,27). The molecule has 6 heteroatoms. The summed E-state index contributed by atoms with van der Waals surface area (Å²) in [5.74, 6) is 0.475. The highest BCUT2D eigenvalue weighted by Crippen LogP contribution is 2.18. The number of nitrogens with one attached hydrogen (secondary N) is 3. The van der Waals surface area contributed by atoms with Gasteiger partial charge in [0.1, 0.15) is 5.75 Å². The molecule has 0 saturated heterocycles. The molecule has 0 aromatic heterocycles. The van der Waals surface area contributed by atoms with Gasteiger partial charge in [-0.15, -0.1) is 0 Å². The summed E-state index contributed by atoms with van der Waals surface area (Å²) >= 11 is 0. The Hall–Kier alpha value is -3.02. The van der Waals surface area contributed by atoms with Gasteiger partial charge in [0.2, 0.25) is 5.91 Å². The molecule has 2 rings (SSSR count). The van der Waals surface area contributed by atoms with E-state index in [1.165, 1.54) is 25.7 Å². The largest absolute Gasteiger partial charge is 0.494 e. The summed E-state index contributed by atoms with van der Waals surface area (Å²) in [6.45, 7) is 3.05. The van der Waals surface area contributed by atoms with E-state index in [1.54, 1.807) is 31.3 Å². The van der Waals surface area contributed by atoms with Crippen molar-refractivity contribution in [2.45, 2.75) is 39.0 Å². The van der Waals surface area contributed by atoms with Gasteiger partial charge in [-0.1, -0.05) is 38.7 Å². The zero-order valence-electron chi connectivity index (χ0n) is 17.3. The highest BCUT2D eigenvalue weighted by atomic mass is 16.5. The lowest BCUT2D eigenvalue weighted by atomic mass is 10.2. The Morgan fingerprint density at radius 3 is 2.41 bits per heavy atom. The Bertz CT molecular complexity index is 775. The van der Waals surface area contributed by atoms with Gasteiger partial charge in [-0.25, -0.2) is 0 Å². The van der Waals surface area contributed by atoms with Crippen molar-refractivity contribution >= 4 is 23.2 Å². The molecular formula is C23H31N3O3. The van der Waals surface area contributed by atoms with Gasteiger partial charge in [-0.05, 0) is 42.8 Å². The van der Waals surface area contributed by atoms with Gasteiger partial charge in [-0.2, -0.15) is 0 Å². The first-order valence-electron chi connectivity index (χ1n) is 10.2. The van der Waals surface area contributed by atoms with Crippen molar-refractivity contribution in [1.29, 1.82) is 0 Å². The van der Waals surface area contributed by atoms with E-state index in [-0.39, 0.29) is 18.4 Å². The van der Waals surface area contributed by atoms with Crippen molar-refractivity contribution in [3.05, 3.63) is 54.1 Å². The van der Waals surface area contributed by atoms with Crippen LogP contribution in [-0.4, -0.2) is 32.0 Å². The fourth-order valence-corrected chi connectivity index (χ4v) is 2.83. The first-order chi connectivity index (χ1) is 14.1. The zero-order chi connectivity index (χ0) is 20.9. The van der Waals surface area contributed by atoms with Crippen molar-refractivity contribution in [2.75, 3.05) is 30.8 Å². The molecule has 0 spiro atoms. The number of ether oxygens (including phenoxy) is 1. The Morgan fingerprint density at radius 1 is 0.931 bits per heavy atom. The lowest BCUT2D eigenvalue weighted by Gasteiger charge is -2.10. The van der Waals surface area contributed by atoms with Crippen LogP contribution in [0.25, 0.3) is 0 Å². The van der Waals surface area contributed by atoms with Crippen LogP contribution in [0.5, 0.6) is 5.75 Å². The maximum Gasteiger partial charge on any atom is 0.251 e. The zero-order valence-corrected chi connectivity index (χ0v) is 17.3. The third-order valence-corrected chi connectivity index (χ3v) is 4.46. The maximum absolute atomic E-state index is 12.2. The molecule has 2 aromatic rings. The van der Waals surface area contributed by atoms with Crippen LogP contribution in [0.2, 0.25) is 0 Å². The molecule has 0 aliphatic heterocycles. The van der Waals surface area contributed by atoms with Gasteiger partial charge < -0.3 is 20.7 Å². The minimum Gasteiger partial charge on any atom is -0.494 e. The van der Waals surface area contributed by atoms with Crippen LogP contribution in [0.15, 0.2) is 48.5 Å². The second kappa shape index (κ2) is 12.4. The van der Waals surface area contributed by atoms with Crippen LogP contribution in [0.3, 0.4) is 0 Å². The summed E-state index contributed by atoms with van der Waals surface area (Å²) in [6, 6.07) is 14.4. The predicted molar refractivity (Wildman–Crippen MR) is 118 cm³/mol. The molecule has 2 amide bonds. The van der Waals surface area contributed by atoms with E-state index in [2.05, 4.69) is 22.9 Å². The number of unbranched alkanes of at least 4 members (excludes halogenated alkanes) is 4. The first-order valence-corrected chi connectivity index (χ1v) is 10.2. The van der Waals surface area contributed by atoms with Crippen LogP contribution in [0.1, 0.15) is 49.4 Å². The van der Waals surface area contributed by atoms with Crippen molar-refractivity contribution in [2.24, 2.45) is 0 Å². The molecule has 0 fully saturated rings. The van der Waals surface area contributed by atoms with Gasteiger partial charge in [-0.3, -0.25) is 9.59 Å². The average molecular weight is 398 g/mol. The molecular weight excluding hydrogens is 366 g/mol. The normalized spacial score (nSPS) is 10.3. The molecule has 2 aromatic carbocycles. The summed E-state index contributed by atoms with van der Waals surface area (Å²) in [6.07, 6.45) is 6.02. The molecule has 0 atom stereocenters. The Balaban J connectivity index is 1.74. The summed E-state index contributed by atoms with van der Waals surface area (Å²) in [5.41, 5.74) is 2.02. The number of amides is 2. The number of hydrogen-bond acceptors (Lipinski definition) is 4. The lowest BCUT2D eigenvalue weighted by Crippen LogP contribution is -2.22. The second-order valence-corrected chi connectivity index (χ2v) is 6.85. The monoisotopic (exact) mass is 397 g/mol. The smallest absolute Gasteiger partial charge is 0.251 e. The average Bonchev–Trinajstić information content (AvgIpc) is 2.75. The quantitative estimate of drug-likeness (QED) is 0.463. The molecule has 0 heterocycles. The van der Waals surface area contributed by atoms with Gasteiger partial charge in [0.05, 0.1) is 13.2 Å². The summed E-state index contributed by atoms with van der Waals surface area (Å²) < 4.78 is 5.80. The molecule has 0 aliphatic rings. The molecule has 156 valence electrons. The topological polar surface area (TPSA) is 79.5 Å². The molecule has 0 saturated carbocycles. The number of benzene rings is 2. The molecule has 0 radical (unpaired) electrons. The highest BCUT2D eigenvalue weighted by molar-refractivity contribution is 5.96. The third kappa shape index (κ3) is 8.25. The van der Waals surface area contributed by atoms with Gasteiger partial charge in [0.15, 0.2) is 0 Å². The minimum atomic E-state index is -0.167. The minimum absolute atomic E-state index is 0.137. The lowest BCUT2D eigenvalue weighted by molar-refractivity contribution is -0.114. The number of rotatable bonds is 12. The van der Waals surface area contributed by atoms with E-state index in [4.69, 9.17) is 4.74 Å². The molecule has 29 heavy (non-hydrogen) atoms. The Kier molecular flexibility index (Phi) is 9.55. The van der Waals surface area contributed by atoms with Crippen molar-refractivity contribution in [3.63, 3.8) is 0 Å². The fraction of sp³-hybridized carbons (Fsp3) is 0.391. The Labute approximate surface area is 173 Å².